The zero-order valence-electron chi connectivity index (χ0n) is 6.65. The molecule has 4 nitrogen and oxygen atoms in total. The van der Waals surface area contributed by atoms with Crippen molar-refractivity contribution in [1.82, 2.24) is 9.55 Å². The summed E-state index contributed by atoms with van der Waals surface area (Å²) in [6.07, 6.45) is 1.90. The lowest BCUT2D eigenvalue weighted by atomic mass is 10.4. The van der Waals surface area contributed by atoms with Gasteiger partial charge in [-0.05, 0) is 0 Å². The normalized spacial score (nSPS) is 12.8. The van der Waals surface area contributed by atoms with Gasteiger partial charge in [-0.2, -0.15) is 0 Å². The molecule has 1 N–H and O–H groups in total. The molecule has 0 fully saturated rings. The van der Waals surface area contributed by atoms with Gasteiger partial charge < -0.3 is 5.11 Å². The smallest absolute Gasteiger partial charge is 0.347 e. The molecule has 1 rings (SSSR count). The molecule has 6 heteroatoms. The first-order valence-electron chi connectivity index (χ1n) is 3.59. The van der Waals surface area contributed by atoms with Crippen LogP contribution in [0, 0.1) is 0 Å². The van der Waals surface area contributed by atoms with E-state index in [0.717, 1.165) is 0 Å². The minimum atomic E-state index is -0.764. The highest BCUT2D eigenvalue weighted by Gasteiger charge is 2.05. The lowest BCUT2D eigenvalue weighted by Gasteiger charge is -2.08. The van der Waals surface area contributed by atoms with Crippen molar-refractivity contribution in [2.45, 2.75) is 12.6 Å². The SMILES string of the molecule is O=c1ncc(Cl)cn1CC(O)CCl. The Labute approximate surface area is 84.7 Å². The fourth-order valence-corrected chi connectivity index (χ4v) is 1.10. The monoisotopic (exact) mass is 222 g/mol. The molecule has 0 amide bonds. The molecule has 0 aromatic carbocycles. The highest BCUT2D eigenvalue weighted by Crippen LogP contribution is 2.02. The number of rotatable bonds is 3. The van der Waals surface area contributed by atoms with Crippen LogP contribution in [0.1, 0.15) is 0 Å². The van der Waals surface area contributed by atoms with Crippen molar-refractivity contribution in [2.75, 3.05) is 5.88 Å². The lowest BCUT2D eigenvalue weighted by molar-refractivity contribution is 0.174. The third-order valence-electron chi connectivity index (χ3n) is 1.41. The molecular formula is C7H8Cl2N2O2. The maximum absolute atomic E-state index is 11.1. The van der Waals surface area contributed by atoms with Crippen molar-refractivity contribution in [3.05, 3.63) is 27.9 Å². The van der Waals surface area contributed by atoms with Gasteiger partial charge in [0, 0.05) is 6.20 Å². The van der Waals surface area contributed by atoms with Crippen LogP contribution in [-0.4, -0.2) is 26.6 Å². The number of hydrogen-bond donors (Lipinski definition) is 1. The largest absolute Gasteiger partial charge is 0.390 e. The van der Waals surface area contributed by atoms with E-state index in [4.69, 9.17) is 28.3 Å². The molecule has 0 radical (unpaired) electrons. The number of aliphatic hydroxyl groups is 1. The number of hydrogen-bond acceptors (Lipinski definition) is 3. The zero-order valence-corrected chi connectivity index (χ0v) is 8.16. The maximum Gasteiger partial charge on any atom is 0.347 e. The van der Waals surface area contributed by atoms with E-state index in [1.165, 1.54) is 17.0 Å². The number of halogens is 2. The summed E-state index contributed by atoms with van der Waals surface area (Å²) in [5, 5.41) is 9.51. The summed E-state index contributed by atoms with van der Waals surface area (Å²) >= 11 is 11.0. The Bertz CT molecular complexity index is 340. The van der Waals surface area contributed by atoms with Crippen LogP contribution in [-0.2, 0) is 6.54 Å². The molecule has 13 heavy (non-hydrogen) atoms. The fourth-order valence-electron chi connectivity index (χ4n) is 0.835. The van der Waals surface area contributed by atoms with Crippen LogP contribution in [0.15, 0.2) is 17.2 Å². The van der Waals surface area contributed by atoms with E-state index >= 15 is 0 Å². The van der Waals surface area contributed by atoms with Crippen LogP contribution in [0.3, 0.4) is 0 Å². The topological polar surface area (TPSA) is 55.1 Å². The lowest BCUT2D eigenvalue weighted by Crippen LogP contribution is -2.28. The minimum absolute atomic E-state index is 0.0684. The average molecular weight is 223 g/mol. The molecule has 1 atom stereocenters. The molecule has 0 aliphatic rings. The average Bonchev–Trinajstić information content (AvgIpc) is 2.11. The number of aromatic nitrogens is 2. The zero-order chi connectivity index (χ0) is 9.84. The Hall–Kier alpha value is -0.580. The van der Waals surface area contributed by atoms with Crippen molar-refractivity contribution in [1.29, 1.82) is 0 Å². The van der Waals surface area contributed by atoms with Crippen LogP contribution >= 0.6 is 23.2 Å². The van der Waals surface area contributed by atoms with Crippen molar-refractivity contribution >= 4 is 23.2 Å². The van der Waals surface area contributed by atoms with Gasteiger partial charge in [0.1, 0.15) is 0 Å². The maximum atomic E-state index is 11.1. The van der Waals surface area contributed by atoms with Gasteiger partial charge in [-0.15, -0.1) is 11.6 Å². The van der Waals surface area contributed by atoms with Gasteiger partial charge in [-0.3, -0.25) is 4.57 Å². The third-order valence-corrected chi connectivity index (χ3v) is 1.96. The van der Waals surface area contributed by atoms with E-state index in [0.29, 0.717) is 5.02 Å². The first-order valence-corrected chi connectivity index (χ1v) is 4.50. The van der Waals surface area contributed by atoms with Gasteiger partial charge in [0.2, 0.25) is 0 Å². The van der Waals surface area contributed by atoms with Gasteiger partial charge in [0.15, 0.2) is 0 Å². The summed E-state index contributed by atoms with van der Waals surface area (Å²) in [6.45, 7) is 0.107. The van der Waals surface area contributed by atoms with E-state index in [1.54, 1.807) is 0 Å². The molecule has 1 heterocycles. The van der Waals surface area contributed by atoms with Crippen LogP contribution in [0.4, 0.5) is 0 Å². The predicted octanol–water partition coefficient (Wildman–Crippen LogP) is 0.496. The van der Waals surface area contributed by atoms with Crippen molar-refractivity contribution in [2.24, 2.45) is 0 Å². The van der Waals surface area contributed by atoms with Gasteiger partial charge in [0.05, 0.1) is 29.7 Å². The third kappa shape index (κ3) is 2.99. The minimum Gasteiger partial charge on any atom is -0.390 e. The molecule has 1 aromatic rings. The van der Waals surface area contributed by atoms with Gasteiger partial charge in [-0.1, -0.05) is 11.6 Å². The second-order valence-corrected chi connectivity index (χ2v) is 3.26. The van der Waals surface area contributed by atoms with Gasteiger partial charge in [-0.25, -0.2) is 9.78 Å². The van der Waals surface area contributed by atoms with Crippen LogP contribution < -0.4 is 5.69 Å². The van der Waals surface area contributed by atoms with E-state index in [-0.39, 0.29) is 12.4 Å². The summed E-state index contributed by atoms with van der Waals surface area (Å²) in [4.78, 5) is 14.5. The summed E-state index contributed by atoms with van der Waals surface area (Å²) in [6, 6.07) is 0. The quantitative estimate of drug-likeness (QED) is 0.759. The molecule has 0 aliphatic heterocycles. The van der Waals surface area contributed by atoms with E-state index in [9.17, 15) is 4.79 Å². The highest BCUT2D eigenvalue weighted by atomic mass is 35.5. The van der Waals surface area contributed by atoms with Gasteiger partial charge >= 0.3 is 5.69 Å². The molecular weight excluding hydrogens is 215 g/mol. The van der Waals surface area contributed by atoms with E-state index in [1.807, 2.05) is 0 Å². The Morgan fingerprint density at radius 3 is 3.00 bits per heavy atom. The first kappa shape index (κ1) is 10.5. The number of alkyl halides is 1. The van der Waals surface area contributed by atoms with Crippen molar-refractivity contribution in [3.8, 4) is 0 Å². The molecule has 0 saturated carbocycles. The molecule has 0 aliphatic carbocycles. The summed E-state index contributed by atoms with van der Waals surface area (Å²) < 4.78 is 1.22. The molecule has 1 aromatic heterocycles. The Morgan fingerprint density at radius 2 is 2.38 bits per heavy atom. The van der Waals surface area contributed by atoms with E-state index in [2.05, 4.69) is 4.98 Å². The van der Waals surface area contributed by atoms with Crippen LogP contribution in [0.5, 0.6) is 0 Å². The number of nitrogens with zero attached hydrogens (tertiary/aromatic N) is 2. The molecule has 0 saturated heterocycles. The predicted molar refractivity (Wildman–Crippen MR) is 50.2 cm³/mol. The standard InChI is InChI=1S/C7H8Cl2N2O2/c8-1-6(12)4-11-3-5(9)2-10-7(11)13/h2-3,6,12H,1,4H2. The highest BCUT2D eigenvalue weighted by molar-refractivity contribution is 6.30. The molecule has 0 spiro atoms. The van der Waals surface area contributed by atoms with Crippen LogP contribution in [0.2, 0.25) is 5.02 Å². The molecule has 72 valence electrons. The summed E-state index contributed by atoms with van der Waals surface area (Å²) in [5.74, 6) is 0.0684. The second kappa shape index (κ2) is 4.60. The Morgan fingerprint density at radius 1 is 1.69 bits per heavy atom. The summed E-state index contributed by atoms with van der Waals surface area (Å²) in [7, 11) is 0. The van der Waals surface area contributed by atoms with Gasteiger partial charge in [0.25, 0.3) is 0 Å². The van der Waals surface area contributed by atoms with E-state index < -0.39 is 11.8 Å². The molecule has 0 bridgehead atoms. The second-order valence-electron chi connectivity index (χ2n) is 2.52. The van der Waals surface area contributed by atoms with Crippen molar-refractivity contribution < 1.29 is 5.11 Å². The Kier molecular flexibility index (Phi) is 3.71. The van der Waals surface area contributed by atoms with Crippen molar-refractivity contribution in [3.63, 3.8) is 0 Å². The molecule has 1 unspecified atom stereocenters. The first-order chi connectivity index (χ1) is 6.13. The Balaban J connectivity index is 2.87. The summed E-state index contributed by atoms with van der Waals surface area (Å²) in [5.41, 5.74) is -0.450. The number of aliphatic hydroxyl groups excluding tert-OH is 1. The fraction of sp³-hybridized carbons (Fsp3) is 0.429. The van der Waals surface area contributed by atoms with Crippen LogP contribution in [0.25, 0.3) is 0 Å².